The smallest absolute Gasteiger partial charge is 0.303 e. The Balaban J connectivity index is 0.000000261. The first kappa shape index (κ1) is 17.6. The molecule has 104 valence electrons. The molecule has 0 unspecified atom stereocenters. The maximum atomic E-state index is 8.88. The second kappa shape index (κ2) is 9.48. The van der Waals surface area contributed by atoms with Crippen LogP contribution in [0.25, 0.3) is 0 Å². The summed E-state index contributed by atoms with van der Waals surface area (Å²) in [6.07, 6.45) is 0. The van der Waals surface area contributed by atoms with Crippen LogP contribution < -0.4 is 0 Å². The number of aryl methyl sites for hydroxylation is 2. The van der Waals surface area contributed by atoms with Crippen LogP contribution in [0.5, 0.6) is 0 Å². The molecule has 0 spiro atoms. The molecule has 0 amide bonds. The summed E-state index contributed by atoms with van der Waals surface area (Å²) in [6.45, 7) is 4.17. The molecule has 2 aromatic rings. The molecule has 0 saturated carbocycles. The Morgan fingerprint density at radius 2 is 0.895 bits per heavy atom. The van der Waals surface area contributed by atoms with Gasteiger partial charge in [-0.15, -0.1) is 0 Å². The fourth-order valence-corrected chi connectivity index (χ4v) is 1.07. The summed E-state index contributed by atoms with van der Waals surface area (Å²) >= 11 is 0. The summed E-state index contributed by atoms with van der Waals surface area (Å²) in [7, 11) is -4.64. The molecule has 0 aromatic heterocycles. The summed E-state index contributed by atoms with van der Waals surface area (Å²) in [6, 6.07) is 20.5. The zero-order valence-corrected chi connectivity index (χ0v) is 11.9. The van der Waals surface area contributed by atoms with Gasteiger partial charge in [0.2, 0.25) is 0 Å². The van der Waals surface area contributed by atoms with E-state index in [4.69, 9.17) is 19.2 Å². The average Bonchev–Trinajstić information content (AvgIpc) is 2.29. The average molecular weight is 282 g/mol. The topological polar surface area (TPSA) is 77.8 Å². The minimum absolute atomic E-state index is 1.32. The van der Waals surface area contributed by atoms with Gasteiger partial charge in [-0.3, -0.25) is 0 Å². The van der Waals surface area contributed by atoms with Crippen molar-refractivity contribution in [1.82, 2.24) is 0 Å². The van der Waals surface area contributed by atoms with Gasteiger partial charge in [0.05, 0.1) is 0 Å². The fraction of sp³-hybridized carbons (Fsp3) is 0.143. The molecule has 19 heavy (non-hydrogen) atoms. The second-order valence-electron chi connectivity index (χ2n) is 3.82. The highest BCUT2D eigenvalue weighted by Crippen LogP contribution is 2.25. The third-order valence-electron chi connectivity index (χ3n) is 1.88. The Hall–Kier alpha value is -1.45. The molecule has 0 heterocycles. The molecular weight excluding hydrogens is 263 g/mol. The van der Waals surface area contributed by atoms with Gasteiger partial charge in [-0.2, -0.15) is 0 Å². The van der Waals surface area contributed by atoms with Gasteiger partial charge in [0.25, 0.3) is 0 Å². The molecule has 0 fully saturated rings. The predicted octanol–water partition coefficient (Wildman–Crippen LogP) is 3.06. The van der Waals surface area contributed by atoms with Gasteiger partial charge in [-0.25, -0.2) is 4.57 Å². The number of hydrogen-bond donors (Lipinski definition) is 3. The van der Waals surface area contributed by atoms with Crippen molar-refractivity contribution in [3.63, 3.8) is 0 Å². The molecule has 0 radical (unpaired) electrons. The second-order valence-corrected chi connectivity index (χ2v) is 4.85. The number of rotatable bonds is 0. The zero-order chi connectivity index (χ0) is 14.7. The van der Waals surface area contributed by atoms with E-state index in [1.807, 2.05) is 36.4 Å². The van der Waals surface area contributed by atoms with Gasteiger partial charge in [-0.1, -0.05) is 71.8 Å². The monoisotopic (exact) mass is 282 g/mol. The Labute approximate surface area is 113 Å². The van der Waals surface area contributed by atoms with E-state index in [0.29, 0.717) is 0 Å². The van der Waals surface area contributed by atoms with Crippen molar-refractivity contribution in [3.8, 4) is 0 Å². The van der Waals surface area contributed by atoms with Crippen molar-refractivity contribution in [2.75, 3.05) is 0 Å². The highest BCUT2D eigenvalue weighted by molar-refractivity contribution is 7.45. The van der Waals surface area contributed by atoms with Crippen molar-refractivity contribution in [2.45, 2.75) is 13.8 Å². The lowest BCUT2D eigenvalue weighted by atomic mass is 10.2. The van der Waals surface area contributed by atoms with Crippen molar-refractivity contribution in [3.05, 3.63) is 71.8 Å². The molecular formula is C14H19O4P. The van der Waals surface area contributed by atoms with Crippen LogP contribution in [-0.4, -0.2) is 14.7 Å². The Morgan fingerprint density at radius 1 is 0.684 bits per heavy atom. The predicted molar refractivity (Wildman–Crippen MR) is 76.6 cm³/mol. The van der Waals surface area contributed by atoms with Crippen molar-refractivity contribution < 1.29 is 19.2 Å². The maximum absolute atomic E-state index is 8.88. The first-order valence-electron chi connectivity index (χ1n) is 5.60. The highest BCUT2D eigenvalue weighted by atomic mass is 31.2. The van der Waals surface area contributed by atoms with E-state index in [-0.39, 0.29) is 0 Å². The molecule has 2 rings (SSSR count). The lowest BCUT2D eigenvalue weighted by Crippen LogP contribution is -1.66. The molecule has 4 nitrogen and oxygen atoms in total. The minimum atomic E-state index is -4.64. The third kappa shape index (κ3) is 16.6. The zero-order valence-electron chi connectivity index (χ0n) is 11.0. The molecule has 0 saturated heterocycles. The highest BCUT2D eigenvalue weighted by Gasteiger charge is 2.00. The van der Waals surface area contributed by atoms with Gasteiger partial charge in [0.1, 0.15) is 0 Å². The standard InChI is InChI=1S/2C7H8.H3O4P/c2*1-7-5-3-2-4-6-7;1-5(2,3)4/h2*2-6H,1H3;(H3,1,2,3,4). The Kier molecular flexibility index (Phi) is 8.75. The fourth-order valence-electron chi connectivity index (χ4n) is 1.07. The molecule has 0 bridgehead atoms. The van der Waals surface area contributed by atoms with Crippen LogP contribution in [0.15, 0.2) is 60.7 Å². The van der Waals surface area contributed by atoms with Crippen molar-refractivity contribution in [2.24, 2.45) is 0 Å². The van der Waals surface area contributed by atoms with E-state index in [0.717, 1.165) is 0 Å². The summed E-state index contributed by atoms with van der Waals surface area (Å²) in [5, 5.41) is 0. The van der Waals surface area contributed by atoms with Crippen molar-refractivity contribution in [1.29, 1.82) is 0 Å². The number of phosphoric acid groups is 1. The van der Waals surface area contributed by atoms with Crippen LogP contribution >= 0.6 is 7.82 Å². The van der Waals surface area contributed by atoms with Gasteiger partial charge >= 0.3 is 7.82 Å². The van der Waals surface area contributed by atoms with E-state index in [9.17, 15) is 0 Å². The van der Waals surface area contributed by atoms with E-state index in [1.165, 1.54) is 11.1 Å². The summed E-state index contributed by atoms with van der Waals surface area (Å²) in [5.41, 5.74) is 2.64. The maximum Gasteiger partial charge on any atom is 0.466 e. The molecule has 5 heteroatoms. The molecule has 0 aliphatic carbocycles. The third-order valence-corrected chi connectivity index (χ3v) is 1.88. The van der Waals surface area contributed by atoms with Crippen LogP contribution in [0.3, 0.4) is 0 Å². The molecule has 0 aliphatic heterocycles. The lowest BCUT2D eigenvalue weighted by molar-refractivity contribution is 0.275. The van der Waals surface area contributed by atoms with Crippen LogP contribution in [0, 0.1) is 13.8 Å². The number of benzene rings is 2. The van der Waals surface area contributed by atoms with E-state index < -0.39 is 7.82 Å². The SMILES string of the molecule is Cc1ccccc1.Cc1ccccc1.O=P(O)(O)O. The first-order valence-corrected chi connectivity index (χ1v) is 7.17. The van der Waals surface area contributed by atoms with Crippen LogP contribution in [0.1, 0.15) is 11.1 Å². The molecule has 2 aromatic carbocycles. The Bertz CT molecular complexity index is 434. The molecule has 3 N–H and O–H groups in total. The van der Waals surface area contributed by atoms with Gasteiger partial charge in [0.15, 0.2) is 0 Å². The first-order chi connectivity index (χ1) is 8.79. The van der Waals surface area contributed by atoms with Gasteiger partial charge in [-0.05, 0) is 13.8 Å². The van der Waals surface area contributed by atoms with Crippen LogP contribution in [-0.2, 0) is 4.57 Å². The lowest BCUT2D eigenvalue weighted by Gasteiger charge is -1.82. The Morgan fingerprint density at radius 3 is 1.00 bits per heavy atom. The normalized spacial score (nSPS) is 9.53. The quantitative estimate of drug-likeness (QED) is 0.649. The van der Waals surface area contributed by atoms with E-state index >= 15 is 0 Å². The molecule has 0 atom stereocenters. The summed E-state index contributed by atoms with van der Waals surface area (Å²) < 4.78 is 8.88. The molecule has 0 aliphatic rings. The summed E-state index contributed by atoms with van der Waals surface area (Å²) in [4.78, 5) is 21.6. The largest absolute Gasteiger partial charge is 0.466 e. The van der Waals surface area contributed by atoms with E-state index in [1.54, 1.807) is 0 Å². The number of hydrogen-bond acceptors (Lipinski definition) is 1. The van der Waals surface area contributed by atoms with Crippen LogP contribution in [0.4, 0.5) is 0 Å². The van der Waals surface area contributed by atoms with Gasteiger partial charge in [0, 0.05) is 0 Å². The van der Waals surface area contributed by atoms with Crippen molar-refractivity contribution >= 4 is 7.82 Å². The van der Waals surface area contributed by atoms with Crippen LogP contribution in [0.2, 0.25) is 0 Å². The van der Waals surface area contributed by atoms with E-state index in [2.05, 4.69) is 38.1 Å². The van der Waals surface area contributed by atoms with Gasteiger partial charge < -0.3 is 14.7 Å². The minimum Gasteiger partial charge on any atom is -0.303 e. The summed E-state index contributed by atoms with van der Waals surface area (Å²) in [5.74, 6) is 0.